The molecule has 3 N–H and O–H groups in total. The molecule has 0 aliphatic carbocycles. The highest BCUT2D eigenvalue weighted by atomic mass is 16.5. The molecule has 17 heavy (non-hydrogen) atoms. The van der Waals surface area contributed by atoms with E-state index < -0.39 is 0 Å². The van der Waals surface area contributed by atoms with E-state index >= 15 is 0 Å². The van der Waals surface area contributed by atoms with Crippen LogP contribution in [0.4, 0.5) is 5.69 Å². The van der Waals surface area contributed by atoms with Gasteiger partial charge in [-0.3, -0.25) is 4.79 Å². The molecule has 0 aromatic heterocycles. The standard InChI is InChI=1S/C13H20N2O2/c1-10(2)17-9-13(16)15-8-7-11-3-5-12(14)6-4-11/h3-6,10H,7-9,14H2,1-2H3,(H,15,16). The van der Waals surface area contributed by atoms with Crippen molar-refractivity contribution in [1.29, 1.82) is 0 Å². The van der Waals surface area contributed by atoms with Gasteiger partial charge in [-0.2, -0.15) is 0 Å². The molecule has 0 aliphatic heterocycles. The number of hydrogen-bond donors (Lipinski definition) is 2. The van der Waals surface area contributed by atoms with Crippen molar-refractivity contribution in [2.24, 2.45) is 0 Å². The Labute approximate surface area is 102 Å². The summed E-state index contributed by atoms with van der Waals surface area (Å²) in [6, 6.07) is 7.65. The maximum atomic E-state index is 11.3. The van der Waals surface area contributed by atoms with E-state index in [-0.39, 0.29) is 18.6 Å². The topological polar surface area (TPSA) is 64.3 Å². The fourth-order valence-electron chi connectivity index (χ4n) is 1.32. The van der Waals surface area contributed by atoms with Crippen LogP contribution in [0.25, 0.3) is 0 Å². The van der Waals surface area contributed by atoms with Gasteiger partial charge in [0.15, 0.2) is 0 Å². The van der Waals surface area contributed by atoms with Crippen LogP contribution in [0.15, 0.2) is 24.3 Å². The van der Waals surface area contributed by atoms with Crippen molar-refractivity contribution < 1.29 is 9.53 Å². The highest BCUT2D eigenvalue weighted by molar-refractivity contribution is 5.77. The first kappa shape index (κ1) is 13.5. The minimum absolute atomic E-state index is 0.0749. The number of benzene rings is 1. The largest absolute Gasteiger partial charge is 0.399 e. The molecule has 0 bridgehead atoms. The zero-order chi connectivity index (χ0) is 12.7. The van der Waals surface area contributed by atoms with Gasteiger partial charge in [-0.05, 0) is 38.0 Å². The quantitative estimate of drug-likeness (QED) is 0.733. The van der Waals surface area contributed by atoms with E-state index in [2.05, 4.69) is 5.32 Å². The lowest BCUT2D eigenvalue weighted by Crippen LogP contribution is -2.30. The molecule has 4 nitrogen and oxygen atoms in total. The van der Waals surface area contributed by atoms with Gasteiger partial charge in [0.1, 0.15) is 6.61 Å². The molecule has 0 unspecified atom stereocenters. The molecular formula is C13H20N2O2. The summed E-state index contributed by atoms with van der Waals surface area (Å²) < 4.78 is 5.19. The molecule has 1 amide bonds. The maximum Gasteiger partial charge on any atom is 0.246 e. The van der Waals surface area contributed by atoms with Crippen molar-refractivity contribution in [2.75, 3.05) is 18.9 Å². The Balaban J connectivity index is 2.19. The van der Waals surface area contributed by atoms with Gasteiger partial charge < -0.3 is 15.8 Å². The van der Waals surface area contributed by atoms with Gasteiger partial charge in [0.05, 0.1) is 6.10 Å². The molecule has 0 spiro atoms. The van der Waals surface area contributed by atoms with Crippen LogP contribution in [0.2, 0.25) is 0 Å². The second kappa shape index (κ2) is 6.91. The summed E-state index contributed by atoms with van der Waals surface area (Å²) in [5, 5.41) is 2.81. The average Bonchev–Trinajstić information content (AvgIpc) is 2.29. The van der Waals surface area contributed by atoms with Crippen LogP contribution in [0.3, 0.4) is 0 Å². The van der Waals surface area contributed by atoms with Gasteiger partial charge >= 0.3 is 0 Å². The Morgan fingerprint density at radius 1 is 1.35 bits per heavy atom. The van der Waals surface area contributed by atoms with Crippen LogP contribution in [-0.2, 0) is 16.0 Å². The number of rotatable bonds is 6. The molecule has 1 aromatic rings. The third kappa shape index (κ3) is 5.92. The van der Waals surface area contributed by atoms with Crippen LogP contribution in [0, 0.1) is 0 Å². The Kier molecular flexibility index (Phi) is 5.49. The van der Waals surface area contributed by atoms with Crippen LogP contribution >= 0.6 is 0 Å². The van der Waals surface area contributed by atoms with E-state index in [4.69, 9.17) is 10.5 Å². The molecule has 1 rings (SSSR count). The van der Waals surface area contributed by atoms with Crippen molar-refractivity contribution in [3.8, 4) is 0 Å². The lowest BCUT2D eigenvalue weighted by atomic mass is 10.1. The summed E-state index contributed by atoms with van der Waals surface area (Å²) >= 11 is 0. The van der Waals surface area contributed by atoms with Gasteiger partial charge in [-0.25, -0.2) is 0 Å². The smallest absolute Gasteiger partial charge is 0.246 e. The van der Waals surface area contributed by atoms with E-state index in [1.54, 1.807) is 0 Å². The fourth-order valence-corrected chi connectivity index (χ4v) is 1.32. The average molecular weight is 236 g/mol. The molecule has 0 fully saturated rings. The van der Waals surface area contributed by atoms with Gasteiger partial charge in [-0.15, -0.1) is 0 Å². The van der Waals surface area contributed by atoms with Crippen LogP contribution < -0.4 is 11.1 Å². The van der Waals surface area contributed by atoms with Gasteiger partial charge in [0.25, 0.3) is 0 Å². The monoisotopic (exact) mass is 236 g/mol. The van der Waals surface area contributed by atoms with Crippen molar-refractivity contribution in [1.82, 2.24) is 5.32 Å². The predicted octanol–water partition coefficient (Wildman–Crippen LogP) is 1.35. The number of carbonyl (C=O) groups is 1. The minimum Gasteiger partial charge on any atom is -0.399 e. The van der Waals surface area contributed by atoms with Gasteiger partial charge in [0, 0.05) is 12.2 Å². The zero-order valence-electron chi connectivity index (χ0n) is 10.4. The summed E-state index contributed by atoms with van der Waals surface area (Å²) in [6.45, 7) is 4.55. The number of ether oxygens (including phenoxy) is 1. The van der Waals surface area contributed by atoms with Crippen LogP contribution in [-0.4, -0.2) is 25.2 Å². The third-order valence-electron chi connectivity index (χ3n) is 2.26. The first-order valence-electron chi connectivity index (χ1n) is 5.80. The molecule has 0 atom stereocenters. The molecule has 0 saturated heterocycles. The van der Waals surface area contributed by atoms with Gasteiger partial charge in [-0.1, -0.05) is 12.1 Å². The van der Waals surface area contributed by atoms with E-state index in [1.807, 2.05) is 38.1 Å². The Bertz CT molecular complexity index is 347. The molecule has 0 radical (unpaired) electrons. The number of nitrogens with one attached hydrogen (secondary N) is 1. The highest BCUT2D eigenvalue weighted by Crippen LogP contribution is 2.05. The molecule has 1 aromatic carbocycles. The van der Waals surface area contributed by atoms with E-state index in [0.717, 1.165) is 17.7 Å². The lowest BCUT2D eigenvalue weighted by Gasteiger charge is -2.08. The zero-order valence-corrected chi connectivity index (χ0v) is 10.4. The number of carbonyl (C=O) groups excluding carboxylic acids is 1. The van der Waals surface area contributed by atoms with Crippen molar-refractivity contribution >= 4 is 11.6 Å². The number of hydrogen-bond acceptors (Lipinski definition) is 3. The first-order valence-corrected chi connectivity index (χ1v) is 5.80. The summed E-state index contributed by atoms with van der Waals surface area (Å²) in [6.07, 6.45) is 0.881. The Morgan fingerprint density at radius 3 is 2.59 bits per heavy atom. The van der Waals surface area contributed by atoms with E-state index in [1.165, 1.54) is 0 Å². The number of nitrogen functional groups attached to an aromatic ring is 1. The van der Waals surface area contributed by atoms with Gasteiger partial charge in [0.2, 0.25) is 5.91 Å². The molecular weight excluding hydrogens is 216 g/mol. The van der Waals surface area contributed by atoms with Crippen molar-refractivity contribution in [2.45, 2.75) is 26.4 Å². The lowest BCUT2D eigenvalue weighted by molar-refractivity contribution is -0.127. The maximum absolute atomic E-state index is 11.3. The number of nitrogens with two attached hydrogens (primary N) is 1. The number of anilines is 1. The second-order valence-electron chi connectivity index (χ2n) is 4.20. The van der Waals surface area contributed by atoms with E-state index in [9.17, 15) is 4.79 Å². The molecule has 94 valence electrons. The first-order chi connectivity index (χ1) is 8.08. The fraction of sp³-hybridized carbons (Fsp3) is 0.462. The summed E-state index contributed by atoms with van der Waals surface area (Å²) in [5.74, 6) is -0.0749. The predicted molar refractivity (Wildman–Crippen MR) is 68.7 cm³/mol. The third-order valence-corrected chi connectivity index (χ3v) is 2.26. The SMILES string of the molecule is CC(C)OCC(=O)NCCc1ccc(N)cc1. The molecule has 0 heterocycles. The Hall–Kier alpha value is -1.55. The van der Waals surface area contributed by atoms with Crippen molar-refractivity contribution in [3.05, 3.63) is 29.8 Å². The molecule has 0 saturated carbocycles. The Morgan fingerprint density at radius 2 is 2.00 bits per heavy atom. The normalized spacial score (nSPS) is 10.5. The highest BCUT2D eigenvalue weighted by Gasteiger charge is 2.02. The minimum atomic E-state index is -0.0749. The van der Waals surface area contributed by atoms with Crippen molar-refractivity contribution in [3.63, 3.8) is 0 Å². The summed E-state index contributed by atoms with van der Waals surface area (Å²) in [5.41, 5.74) is 7.49. The summed E-state index contributed by atoms with van der Waals surface area (Å²) in [7, 11) is 0. The second-order valence-corrected chi connectivity index (χ2v) is 4.20. The molecule has 0 aliphatic rings. The van der Waals surface area contributed by atoms with Crippen LogP contribution in [0.1, 0.15) is 19.4 Å². The van der Waals surface area contributed by atoms with Crippen LogP contribution in [0.5, 0.6) is 0 Å². The number of amides is 1. The molecule has 4 heteroatoms. The summed E-state index contributed by atoms with van der Waals surface area (Å²) in [4.78, 5) is 11.3. The van der Waals surface area contributed by atoms with E-state index in [0.29, 0.717) is 6.54 Å².